The molecule has 1 heterocycles. The number of morpholine rings is 1. The van der Waals surface area contributed by atoms with E-state index in [1.165, 1.54) is 5.56 Å². The fourth-order valence-corrected chi connectivity index (χ4v) is 3.55. The van der Waals surface area contributed by atoms with Gasteiger partial charge in [-0.05, 0) is 49.1 Å². The Balaban J connectivity index is 1.54. The number of hydrogen-bond acceptors (Lipinski definition) is 4. The van der Waals surface area contributed by atoms with E-state index in [-0.39, 0.29) is 17.7 Å². The number of carbonyl (C=O) groups is 2. The molecule has 6 heteroatoms. The lowest BCUT2D eigenvalue weighted by Gasteiger charge is -2.26. The van der Waals surface area contributed by atoms with Crippen molar-refractivity contribution in [3.8, 4) is 0 Å². The molecule has 0 aliphatic carbocycles. The highest BCUT2D eigenvalue weighted by Crippen LogP contribution is 2.14. The molecule has 0 spiro atoms. The van der Waals surface area contributed by atoms with Crippen molar-refractivity contribution < 1.29 is 14.3 Å². The average Bonchev–Trinajstić information content (AvgIpc) is 2.77. The number of anilines is 1. The zero-order valence-corrected chi connectivity index (χ0v) is 18.7. The van der Waals surface area contributed by atoms with Crippen LogP contribution in [0, 0.1) is 12.8 Å². The van der Waals surface area contributed by atoms with Crippen LogP contribution in [0.3, 0.4) is 0 Å². The highest BCUT2D eigenvalue weighted by atomic mass is 16.5. The SMILES string of the molecule is Cc1ccc(C(=O)NC(C(=O)Nc2ccc(CCN3CCOCC3)cc2)C(C)C)cc1. The summed E-state index contributed by atoms with van der Waals surface area (Å²) in [5.74, 6) is -0.494. The van der Waals surface area contributed by atoms with Gasteiger partial charge in [0.2, 0.25) is 5.91 Å². The summed E-state index contributed by atoms with van der Waals surface area (Å²) in [6.45, 7) is 10.4. The fraction of sp³-hybridized carbons (Fsp3) is 0.440. The molecule has 1 aliphatic heterocycles. The minimum absolute atomic E-state index is 0.0396. The van der Waals surface area contributed by atoms with Crippen LogP contribution in [0.4, 0.5) is 5.69 Å². The van der Waals surface area contributed by atoms with E-state index in [0.29, 0.717) is 5.56 Å². The second-order valence-electron chi connectivity index (χ2n) is 8.45. The molecule has 1 saturated heterocycles. The molecule has 2 amide bonds. The van der Waals surface area contributed by atoms with Crippen LogP contribution in [0.25, 0.3) is 0 Å². The van der Waals surface area contributed by atoms with Gasteiger partial charge in [0.05, 0.1) is 13.2 Å². The molecule has 2 N–H and O–H groups in total. The molecule has 1 fully saturated rings. The summed E-state index contributed by atoms with van der Waals surface area (Å²) in [7, 11) is 0. The van der Waals surface area contributed by atoms with Crippen molar-refractivity contribution in [2.24, 2.45) is 5.92 Å². The summed E-state index contributed by atoms with van der Waals surface area (Å²) >= 11 is 0. The minimum atomic E-state index is -0.616. The van der Waals surface area contributed by atoms with Gasteiger partial charge < -0.3 is 15.4 Å². The Morgan fingerprint density at radius 3 is 2.26 bits per heavy atom. The van der Waals surface area contributed by atoms with E-state index < -0.39 is 6.04 Å². The molecule has 166 valence electrons. The number of rotatable bonds is 8. The van der Waals surface area contributed by atoms with Gasteiger partial charge in [0.1, 0.15) is 6.04 Å². The van der Waals surface area contributed by atoms with Gasteiger partial charge in [0.25, 0.3) is 5.91 Å². The first-order chi connectivity index (χ1) is 14.9. The molecule has 2 aromatic carbocycles. The molecule has 6 nitrogen and oxygen atoms in total. The summed E-state index contributed by atoms with van der Waals surface area (Å²) in [6, 6.07) is 14.6. The third kappa shape index (κ3) is 6.91. The number of hydrogen-bond donors (Lipinski definition) is 2. The lowest BCUT2D eigenvalue weighted by atomic mass is 10.0. The van der Waals surface area contributed by atoms with Crippen molar-refractivity contribution in [1.29, 1.82) is 0 Å². The van der Waals surface area contributed by atoms with Gasteiger partial charge in [0.15, 0.2) is 0 Å². The summed E-state index contributed by atoms with van der Waals surface area (Å²) in [6.07, 6.45) is 0.968. The van der Waals surface area contributed by atoms with E-state index >= 15 is 0 Å². The highest BCUT2D eigenvalue weighted by Gasteiger charge is 2.24. The monoisotopic (exact) mass is 423 g/mol. The van der Waals surface area contributed by atoms with E-state index in [4.69, 9.17) is 4.74 Å². The van der Waals surface area contributed by atoms with Crippen LogP contribution in [0.15, 0.2) is 48.5 Å². The number of nitrogens with zero attached hydrogens (tertiary/aromatic N) is 1. The molecule has 0 saturated carbocycles. The molecule has 2 aromatic rings. The number of amides is 2. The Labute approximate surface area is 185 Å². The maximum atomic E-state index is 12.8. The van der Waals surface area contributed by atoms with E-state index in [1.54, 1.807) is 12.1 Å². The highest BCUT2D eigenvalue weighted by molar-refractivity contribution is 6.01. The Morgan fingerprint density at radius 2 is 1.65 bits per heavy atom. The maximum Gasteiger partial charge on any atom is 0.251 e. The fourth-order valence-electron chi connectivity index (χ4n) is 3.55. The summed E-state index contributed by atoms with van der Waals surface area (Å²) in [5.41, 5.74) is 3.60. The largest absolute Gasteiger partial charge is 0.379 e. The van der Waals surface area contributed by atoms with Gasteiger partial charge in [-0.15, -0.1) is 0 Å². The molecular formula is C25H33N3O3. The van der Waals surface area contributed by atoms with Crippen LogP contribution >= 0.6 is 0 Å². The van der Waals surface area contributed by atoms with E-state index in [0.717, 1.165) is 50.5 Å². The van der Waals surface area contributed by atoms with Crippen LogP contribution in [0.5, 0.6) is 0 Å². The maximum absolute atomic E-state index is 12.8. The lowest BCUT2D eigenvalue weighted by molar-refractivity contribution is -0.118. The average molecular weight is 424 g/mol. The second-order valence-corrected chi connectivity index (χ2v) is 8.45. The Hall–Kier alpha value is -2.70. The van der Waals surface area contributed by atoms with E-state index in [2.05, 4.69) is 15.5 Å². The van der Waals surface area contributed by atoms with Gasteiger partial charge >= 0.3 is 0 Å². The Bertz CT molecular complexity index is 857. The molecule has 1 atom stereocenters. The summed E-state index contributed by atoms with van der Waals surface area (Å²) in [5, 5.41) is 5.81. The van der Waals surface area contributed by atoms with Crippen LogP contribution < -0.4 is 10.6 Å². The molecule has 0 aromatic heterocycles. The van der Waals surface area contributed by atoms with Gasteiger partial charge in [0, 0.05) is 30.9 Å². The first-order valence-electron chi connectivity index (χ1n) is 11.0. The van der Waals surface area contributed by atoms with Gasteiger partial charge in [-0.2, -0.15) is 0 Å². The molecule has 0 radical (unpaired) electrons. The minimum Gasteiger partial charge on any atom is -0.379 e. The molecule has 0 bridgehead atoms. The number of ether oxygens (including phenoxy) is 1. The molecular weight excluding hydrogens is 390 g/mol. The van der Waals surface area contributed by atoms with E-state index in [1.807, 2.05) is 57.2 Å². The summed E-state index contributed by atoms with van der Waals surface area (Å²) in [4.78, 5) is 27.8. The van der Waals surface area contributed by atoms with Crippen molar-refractivity contribution in [3.05, 3.63) is 65.2 Å². The van der Waals surface area contributed by atoms with Crippen molar-refractivity contribution in [2.75, 3.05) is 38.2 Å². The Kier molecular flexibility index (Phi) is 8.20. The first kappa shape index (κ1) is 23.0. The van der Waals surface area contributed by atoms with Crippen LogP contribution in [-0.4, -0.2) is 55.6 Å². The third-order valence-corrected chi connectivity index (χ3v) is 5.59. The lowest BCUT2D eigenvalue weighted by Crippen LogP contribution is -2.47. The molecule has 31 heavy (non-hydrogen) atoms. The molecule has 1 unspecified atom stereocenters. The smallest absolute Gasteiger partial charge is 0.251 e. The number of aryl methyl sites for hydroxylation is 1. The topological polar surface area (TPSA) is 70.7 Å². The van der Waals surface area contributed by atoms with Crippen LogP contribution in [-0.2, 0) is 16.0 Å². The third-order valence-electron chi connectivity index (χ3n) is 5.59. The normalized spacial score (nSPS) is 15.5. The Morgan fingerprint density at radius 1 is 1.00 bits per heavy atom. The number of carbonyl (C=O) groups excluding carboxylic acids is 2. The van der Waals surface area contributed by atoms with Crippen LogP contribution in [0.2, 0.25) is 0 Å². The standard InChI is InChI=1S/C25H33N3O3/c1-18(2)23(27-24(29)21-8-4-19(3)5-9-21)25(30)26-22-10-6-20(7-11-22)12-13-28-14-16-31-17-15-28/h4-11,18,23H,12-17H2,1-3H3,(H,26,30)(H,27,29). The van der Waals surface area contributed by atoms with Crippen LogP contribution in [0.1, 0.15) is 35.3 Å². The van der Waals surface area contributed by atoms with Gasteiger partial charge in [-0.25, -0.2) is 0 Å². The van der Waals surface area contributed by atoms with Crippen molar-refractivity contribution in [3.63, 3.8) is 0 Å². The first-order valence-corrected chi connectivity index (χ1v) is 11.0. The van der Waals surface area contributed by atoms with Crippen molar-refractivity contribution in [2.45, 2.75) is 33.2 Å². The second kappa shape index (κ2) is 11.1. The molecule has 3 rings (SSSR count). The van der Waals surface area contributed by atoms with Gasteiger partial charge in [-0.1, -0.05) is 43.7 Å². The predicted octanol–water partition coefficient (Wildman–Crippen LogP) is 3.26. The zero-order valence-electron chi connectivity index (χ0n) is 18.7. The quantitative estimate of drug-likeness (QED) is 0.684. The van der Waals surface area contributed by atoms with Crippen molar-refractivity contribution in [1.82, 2.24) is 10.2 Å². The molecule has 1 aliphatic rings. The number of nitrogens with one attached hydrogen (secondary N) is 2. The zero-order chi connectivity index (χ0) is 22.2. The predicted molar refractivity (Wildman–Crippen MR) is 123 cm³/mol. The summed E-state index contributed by atoms with van der Waals surface area (Å²) < 4.78 is 5.39. The van der Waals surface area contributed by atoms with Crippen molar-refractivity contribution >= 4 is 17.5 Å². The number of benzene rings is 2. The van der Waals surface area contributed by atoms with E-state index in [9.17, 15) is 9.59 Å². The van der Waals surface area contributed by atoms with Gasteiger partial charge in [-0.3, -0.25) is 14.5 Å².